The number of benzene rings is 7. The molecule has 2 aliphatic rings. The van der Waals surface area contributed by atoms with Gasteiger partial charge >= 0.3 is 6.09 Å². The molecule has 456 valence electrons. The zero-order valence-electron chi connectivity index (χ0n) is 47.8. The predicted molar refractivity (Wildman–Crippen MR) is 339 cm³/mol. The molecule has 2 aliphatic heterocycles. The van der Waals surface area contributed by atoms with Gasteiger partial charge in [-0.05, 0) is 169 Å². The molecule has 0 saturated heterocycles. The number of nitrogens with zero attached hydrogens (tertiary/aromatic N) is 5. The van der Waals surface area contributed by atoms with Crippen LogP contribution in [0.15, 0.2) is 198 Å². The van der Waals surface area contributed by atoms with E-state index in [1.807, 2.05) is 0 Å². The molecule has 25 heteroatoms. The molecular formula is C65H49Cl4N7O12S2. The number of anilines is 4. The topological polar surface area (TPSA) is 241 Å². The lowest BCUT2D eigenvalue weighted by atomic mass is 9.76. The van der Waals surface area contributed by atoms with Crippen LogP contribution in [0, 0.1) is 0 Å². The van der Waals surface area contributed by atoms with Crippen LogP contribution in [0.2, 0.25) is 20.1 Å². The molecular weight excluding hydrogens is 1280 g/mol. The molecule has 9 aromatic rings. The smallest absolute Gasteiger partial charge is 0.424 e. The van der Waals surface area contributed by atoms with Crippen molar-refractivity contribution in [1.82, 2.24) is 20.6 Å². The third-order valence-electron chi connectivity index (χ3n) is 15.5. The second-order valence-corrected chi connectivity index (χ2v) is 26.1. The summed E-state index contributed by atoms with van der Waals surface area (Å²) >= 11 is 26.9. The van der Waals surface area contributed by atoms with Crippen molar-refractivity contribution >= 4 is 119 Å². The largest absolute Gasteiger partial charge is 0.495 e. The quantitative estimate of drug-likeness (QED) is 0.0862. The van der Waals surface area contributed by atoms with Gasteiger partial charge < -0.3 is 24.8 Å². The molecule has 0 radical (unpaired) electrons. The van der Waals surface area contributed by atoms with Gasteiger partial charge in [-0.1, -0.05) is 76.7 Å². The summed E-state index contributed by atoms with van der Waals surface area (Å²) in [5.74, 6) is -3.66. The average molecular weight is 1330 g/mol. The summed E-state index contributed by atoms with van der Waals surface area (Å²) in [5.41, 5.74) is -1.92. The van der Waals surface area contributed by atoms with Gasteiger partial charge in [0.05, 0.1) is 37.0 Å². The molecule has 90 heavy (non-hydrogen) atoms. The molecule has 11 rings (SSSR count). The van der Waals surface area contributed by atoms with Crippen LogP contribution >= 0.6 is 46.4 Å². The first kappa shape index (κ1) is 62.3. The van der Waals surface area contributed by atoms with E-state index in [0.717, 1.165) is 28.2 Å². The van der Waals surface area contributed by atoms with E-state index in [0.29, 0.717) is 8.61 Å². The number of hydrogen-bond acceptors (Lipinski definition) is 14. The van der Waals surface area contributed by atoms with Gasteiger partial charge in [-0.15, -0.1) is 0 Å². The van der Waals surface area contributed by atoms with Crippen LogP contribution in [-0.4, -0.2) is 70.7 Å². The lowest BCUT2D eigenvalue weighted by Gasteiger charge is -2.27. The summed E-state index contributed by atoms with van der Waals surface area (Å²) in [6.07, 6.45) is 5.30. The Kier molecular flexibility index (Phi) is 17.0. The Morgan fingerprint density at radius 3 is 1.36 bits per heavy atom. The Balaban J connectivity index is 0.948. The Labute approximate surface area is 536 Å². The van der Waals surface area contributed by atoms with Gasteiger partial charge in [-0.25, -0.2) is 35.1 Å². The highest BCUT2D eigenvalue weighted by Crippen LogP contribution is 2.54. The predicted octanol–water partition coefficient (Wildman–Crippen LogP) is 12.4. The molecule has 4 heterocycles. The molecule has 2 atom stereocenters. The van der Waals surface area contributed by atoms with E-state index in [2.05, 4.69) is 20.6 Å². The highest BCUT2D eigenvalue weighted by Gasteiger charge is 2.56. The van der Waals surface area contributed by atoms with Gasteiger partial charge in [0.1, 0.15) is 37.9 Å². The number of aromatic nitrogens is 2. The minimum atomic E-state index is -5.01. The number of halogens is 4. The van der Waals surface area contributed by atoms with E-state index in [-0.39, 0.29) is 107 Å². The molecule has 2 N–H and O–H groups in total. The number of fused-ring (bicyclic) bond motifs is 2. The molecule has 0 bridgehead atoms. The van der Waals surface area contributed by atoms with Crippen LogP contribution in [0.25, 0.3) is 0 Å². The highest BCUT2D eigenvalue weighted by atomic mass is 35.5. The van der Waals surface area contributed by atoms with Crippen molar-refractivity contribution in [2.75, 3.05) is 27.7 Å². The fraction of sp³-hybridized carbons (Fsp3) is 0.123. The van der Waals surface area contributed by atoms with Gasteiger partial charge in [-0.3, -0.25) is 29.1 Å². The maximum Gasteiger partial charge on any atom is 0.424 e. The van der Waals surface area contributed by atoms with Gasteiger partial charge in [0.2, 0.25) is 0 Å². The molecule has 0 spiro atoms. The van der Waals surface area contributed by atoms with E-state index in [1.54, 1.807) is 67.3 Å². The Hall–Kier alpha value is -9.35. The van der Waals surface area contributed by atoms with Crippen LogP contribution in [-0.2, 0) is 53.6 Å². The number of rotatable bonds is 17. The molecule has 7 aromatic carbocycles. The molecule has 2 unspecified atom stereocenters. The number of para-hydroxylation sites is 1. The summed E-state index contributed by atoms with van der Waals surface area (Å²) in [6, 6.07) is 39.1. The number of nitrogens with one attached hydrogen (secondary N) is 2. The van der Waals surface area contributed by atoms with Gasteiger partial charge in [0.25, 0.3) is 43.7 Å². The van der Waals surface area contributed by atoms with E-state index >= 15 is 26.4 Å². The van der Waals surface area contributed by atoms with Crippen molar-refractivity contribution in [2.45, 2.75) is 47.6 Å². The molecule has 0 saturated carbocycles. The number of amides is 5. The Morgan fingerprint density at radius 2 is 0.956 bits per heavy atom. The van der Waals surface area contributed by atoms with E-state index < -0.39 is 70.4 Å². The minimum absolute atomic E-state index is 0.0407. The van der Waals surface area contributed by atoms with Crippen LogP contribution in [0.4, 0.5) is 27.5 Å². The van der Waals surface area contributed by atoms with Crippen LogP contribution < -0.4 is 38.4 Å². The summed E-state index contributed by atoms with van der Waals surface area (Å²) in [7, 11) is -7.67. The highest BCUT2D eigenvalue weighted by molar-refractivity contribution is 7.94. The molecule has 2 aromatic heterocycles. The summed E-state index contributed by atoms with van der Waals surface area (Å²) < 4.78 is 79.9. The van der Waals surface area contributed by atoms with Crippen LogP contribution in [0.5, 0.6) is 17.2 Å². The maximum absolute atomic E-state index is 15.3. The molecule has 0 fully saturated rings. The molecule has 0 aliphatic carbocycles. The summed E-state index contributed by atoms with van der Waals surface area (Å²) in [4.78, 5) is 80.4. The molecule has 19 nitrogen and oxygen atoms in total. The monoisotopic (exact) mass is 1320 g/mol. The second-order valence-electron chi connectivity index (χ2n) is 20.9. The van der Waals surface area contributed by atoms with Crippen molar-refractivity contribution in [3.8, 4) is 17.2 Å². The van der Waals surface area contributed by atoms with Crippen molar-refractivity contribution < 1.29 is 55.0 Å². The summed E-state index contributed by atoms with van der Waals surface area (Å²) in [6.45, 7) is 3.21. The maximum atomic E-state index is 15.3. The van der Waals surface area contributed by atoms with Crippen LogP contribution in [0.1, 0.15) is 67.9 Å². The Bertz CT molecular complexity index is 4390. The van der Waals surface area contributed by atoms with Gasteiger partial charge in [0, 0.05) is 81.2 Å². The third kappa shape index (κ3) is 11.1. The zero-order chi connectivity index (χ0) is 64.0. The number of carbonyl (C=O) groups excluding carboxylic acids is 5. The first-order valence-electron chi connectivity index (χ1n) is 27.2. The number of ether oxygens (including phenoxy) is 3. The average Bonchev–Trinajstić information content (AvgIpc) is 1.55. The van der Waals surface area contributed by atoms with Gasteiger partial charge in [0.15, 0.2) is 0 Å². The van der Waals surface area contributed by atoms with Crippen molar-refractivity contribution in [3.05, 3.63) is 253 Å². The van der Waals surface area contributed by atoms with Gasteiger partial charge in [-0.2, -0.15) is 0 Å². The fourth-order valence-electron chi connectivity index (χ4n) is 10.9. The lowest BCUT2D eigenvalue weighted by Crippen LogP contribution is -2.42. The SMILES string of the molecule is COc1cc(N(C(=O)Oc2ccccc2)c2ccc(S(=O)(=O)N3C(=O)C(C)(c4cc(C(=O)NCc5cccnc5)ccc4Cl)c4cc(Cl)ccc43)c(OC)c2)ccc1S(=O)(=O)N1C(=O)C(C)(c2cc(C(=O)NCc3cccnc3)ccc2Cl)c2cc(Cl)ccc21. The minimum Gasteiger partial charge on any atom is -0.495 e. The lowest BCUT2D eigenvalue weighted by molar-refractivity contribution is -0.121. The van der Waals surface area contributed by atoms with E-state index in [1.165, 1.54) is 137 Å². The van der Waals surface area contributed by atoms with Crippen LogP contribution in [0.3, 0.4) is 0 Å². The normalized spacial score (nSPS) is 16.0. The van der Waals surface area contributed by atoms with E-state index in [9.17, 15) is 14.4 Å². The fourth-order valence-corrected chi connectivity index (χ4v) is 15.2. The number of sulfonamides is 2. The van der Waals surface area contributed by atoms with Crippen molar-refractivity contribution in [2.24, 2.45) is 0 Å². The first-order chi connectivity index (χ1) is 43.0. The van der Waals surface area contributed by atoms with Crippen molar-refractivity contribution in [3.63, 3.8) is 0 Å². The first-order valence-corrected chi connectivity index (χ1v) is 31.6. The number of hydrogen-bond donors (Lipinski definition) is 2. The number of carbonyl (C=O) groups is 5. The Morgan fingerprint density at radius 1 is 0.522 bits per heavy atom. The molecule has 5 amide bonds. The standard InChI is InChI=1S/C65H49Cl4N7O12S2/c1-64(47-28-40(14-20-51(47)68)59(77)72-36-38-10-8-26-70-34-38)49-30-42(66)16-22-53(49)75(61(64)79)89(82,83)57-24-18-44(32-55(57)86-3)74(63(81)88-46-12-6-5-7-13-46)45-19-25-58(56(33-45)87-4)90(84,85)76-54-23-17-43(67)31-50(54)65(2,62(76)80)48-29-41(15-21-52(48)69)60(78)73-37-39-11-9-27-71-35-39/h5-35H,36-37H2,1-4H3,(H,72,77)(H,73,78). The van der Waals surface area contributed by atoms with E-state index in [4.69, 9.17) is 60.6 Å². The zero-order valence-corrected chi connectivity index (χ0v) is 52.4. The van der Waals surface area contributed by atoms with Crippen molar-refractivity contribution in [1.29, 1.82) is 0 Å². The number of pyridine rings is 2. The summed E-state index contributed by atoms with van der Waals surface area (Å²) in [5, 5.41) is 6.04. The number of methoxy groups -OCH3 is 2. The third-order valence-corrected chi connectivity index (χ3v) is 20.1. The second kappa shape index (κ2) is 24.6.